The molecule has 20 heavy (non-hydrogen) atoms. The van der Waals surface area contributed by atoms with Gasteiger partial charge in [0.1, 0.15) is 0 Å². The summed E-state index contributed by atoms with van der Waals surface area (Å²) in [5.74, 6) is 0.450. The smallest absolute Gasteiger partial charge is 0.319 e. The van der Waals surface area contributed by atoms with Crippen molar-refractivity contribution >= 4 is 21.6 Å². The highest BCUT2D eigenvalue weighted by atomic mass is 32.2. The van der Waals surface area contributed by atoms with E-state index in [1.54, 1.807) is 0 Å². The molecule has 1 aliphatic heterocycles. The largest absolute Gasteiger partial charge is 0.338 e. The number of anilines is 1. The fourth-order valence-electron chi connectivity index (χ4n) is 2.27. The Hall–Kier alpha value is -1.56. The minimum Gasteiger partial charge on any atom is -0.338 e. The molecule has 1 saturated heterocycles. The summed E-state index contributed by atoms with van der Waals surface area (Å²) in [6.07, 6.45) is 1.59. The van der Waals surface area contributed by atoms with Crippen molar-refractivity contribution in [3.05, 3.63) is 29.8 Å². The molecule has 0 aliphatic carbocycles. The van der Waals surface area contributed by atoms with Crippen LogP contribution in [-0.2, 0) is 16.3 Å². The van der Waals surface area contributed by atoms with E-state index in [0.717, 1.165) is 12.1 Å². The van der Waals surface area contributed by atoms with Gasteiger partial charge in [-0.1, -0.05) is 19.1 Å². The number of benzene rings is 1. The topological polar surface area (TPSA) is 75.3 Å². The summed E-state index contributed by atoms with van der Waals surface area (Å²) in [5.41, 5.74) is 1.95. The number of rotatable bonds is 4. The number of hydrogen-bond donors (Lipinski definition) is 2. The number of carbonyl (C=O) groups is 1. The third-order valence-corrected chi connectivity index (χ3v) is 5.34. The van der Waals surface area contributed by atoms with E-state index in [0.29, 0.717) is 13.0 Å². The molecule has 1 atom stereocenters. The number of aryl methyl sites for hydroxylation is 1. The molecule has 2 N–H and O–H groups in total. The van der Waals surface area contributed by atoms with Crippen LogP contribution in [0.15, 0.2) is 24.3 Å². The second kappa shape index (κ2) is 6.26. The second-order valence-electron chi connectivity index (χ2n) is 5.15. The number of amides is 2. The normalized spacial score (nSPS) is 20.6. The lowest BCUT2D eigenvalue weighted by atomic mass is 10.1. The molecular formula is C14H20N2O3S. The molecule has 0 bridgehead atoms. The van der Waals surface area contributed by atoms with Gasteiger partial charge in [-0.05, 0) is 36.5 Å². The molecule has 0 radical (unpaired) electrons. The number of sulfone groups is 1. The van der Waals surface area contributed by atoms with Crippen LogP contribution in [0.5, 0.6) is 0 Å². The monoisotopic (exact) mass is 296 g/mol. The maximum absolute atomic E-state index is 11.7. The Labute approximate surface area is 119 Å². The molecule has 110 valence electrons. The molecule has 1 fully saturated rings. The van der Waals surface area contributed by atoms with Crippen molar-refractivity contribution in [3.8, 4) is 0 Å². The van der Waals surface area contributed by atoms with Gasteiger partial charge in [0.15, 0.2) is 9.84 Å². The molecule has 6 heteroatoms. The van der Waals surface area contributed by atoms with Gasteiger partial charge in [-0.15, -0.1) is 0 Å². The van der Waals surface area contributed by atoms with Crippen molar-refractivity contribution in [1.29, 1.82) is 0 Å². The van der Waals surface area contributed by atoms with Crippen molar-refractivity contribution in [2.24, 2.45) is 5.92 Å². The van der Waals surface area contributed by atoms with Crippen LogP contribution >= 0.6 is 0 Å². The van der Waals surface area contributed by atoms with Crippen LogP contribution in [0.25, 0.3) is 0 Å². The Bertz CT molecular complexity index is 567. The van der Waals surface area contributed by atoms with Crippen molar-refractivity contribution < 1.29 is 13.2 Å². The quantitative estimate of drug-likeness (QED) is 0.889. The predicted molar refractivity (Wildman–Crippen MR) is 79.6 cm³/mol. The Kier molecular flexibility index (Phi) is 4.65. The third-order valence-electron chi connectivity index (χ3n) is 3.50. The highest BCUT2D eigenvalue weighted by Gasteiger charge is 2.27. The number of hydrogen-bond acceptors (Lipinski definition) is 3. The second-order valence-corrected chi connectivity index (χ2v) is 7.38. The maximum Gasteiger partial charge on any atom is 0.319 e. The summed E-state index contributed by atoms with van der Waals surface area (Å²) < 4.78 is 22.6. The van der Waals surface area contributed by atoms with Gasteiger partial charge in [-0.2, -0.15) is 0 Å². The highest BCUT2D eigenvalue weighted by molar-refractivity contribution is 7.91. The van der Waals surface area contributed by atoms with E-state index in [2.05, 4.69) is 17.6 Å². The molecule has 0 saturated carbocycles. The Morgan fingerprint density at radius 1 is 1.30 bits per heavy atom. The van der Waals surface area contributed by atoms with Gasteiger partial charge < -0.3 is 10.6 Å². The van der Waals surface area contributed by atoms with Crippen LogP contribution in [0.2, 0.25) is 0 Å². The Morgan fingerprint density at radius 2 is 2.00 bits per heavy atom. The molecule has 1 aromatic carbocycles. The van der Waals surface area contributed by atoms with Gasteiger partial charge in [-0.3, -0.25) is 0 Å². The lowest BCUT2D eigenvalue weighted by Gasteiger charge is -2.11. The van der Waals surface area contributed by atoms with Crippen LogP contribution in [0.3, 0.4) is 0 Å². The van der Waals surface area contributed by atoms with E-state index in [-0.39, 0.29) is 23.5 Å². The molecule has 2 rings (SSSR count). The molecule has 0 aromatic heterocycles. The minimum atomic E-state index is -2.88. The Morgan fingerprint density at radius 3 is 2.55 bits per heavy atom. The van der Waals surface area contributed by atoms with Crippen LogP contribution < -0.4 is 10.6 Å². The zero-order chi connectivity index (χ0) is 14.6. The van der Waals surface area contributed by atoms with E-state index in [4.69, 9.17) is 0 Å². The van der Waals surface area contributed by atoms with Crippen molar-refractivity contribution in [3.63, 3.8) is 0 Å². The molecule has 1 aliphatic rings. The SMILES string of the molecule is CCc1ccc(NC(=O)NCC2CCS(=O)(=O)C2)cc1. The number of carbonyl (C=O) groups excluding carboxylic acids is 1. The summed E-state index contributed by atoms with van der Waals surface area (Å²) in [5, 5.41) is 5.46. The number of nitrogens with one attached hydrogen (secondary N) is 2. The Balaban J connectivity index is 1.78. The predicted octanol–water partition coefficient (Wildman–Crippen LogP) is 1.81. The standard InChI is InChI=1S/C14H20N2O3S/c1-2-11-3-5-13(6-4-11)16-14(17)15-9-12-7-8-20(18,19)10-12/h3-6,12H,2,7-10H2,1H3,(H2,15,16,17). The molecule has 1 heterocycles. The lowest BCUT2D eigenvalue weighted by molar-refractivity contribution is 0.250. The first-order valence-electron chi connectivity index (χ1n) is 6.83. The minimum absolute atomic E-state index is 0.0354. The summed E-state index contributed by atoms with van der Waals surface area (Å²) in [7, 11) is -2.88. The van der Waals surface area contributed by atoms with Gasteiger partial charge in [-0.25, -0.2) is 13.2 Å². The average molecular weight is 296 g/mol. The first-order chi connectivity index (χ1) is 9.48. The van der Waals surface area contributed by atoms with E-state index >= 15 is 0 Å². The summed E-state index contributed by atoms with van der Waals surface area (Å²) >= 11 is 0. The molecule has 0 spiro atoms. The lowest BCUT2D eigenvalue weighted by Crippen LogP contribution is -2.33. The van der Waals surface area contributed by atoms with Crippen LogP contribution in [-0.4, -0.2) is 32.5 Å². The average Bonchev–Trinajstić information content (AvgIpc) is 2.77. The van der Waals surface area contributed by atoms with E-state index < -0.39 is 9.84 Å². The zero-order valence-electron chi connectivity index (χ0n) is 11.6. The molecule has 5 nitrogen and oxygen atoms in total. The van der Waals surface area contributed by atoms with Gasteiger partial charge in [0, 0.05) is 12.2 Å². The fraction of sp³-hybridized carbons (Fsp3) is 0.500. The molecule has 1 unspecified atom stereocenters. The van der Waals surface area contributed by atoms with Gasteiger partial charge >= 0.3 is 6.03 Å². The van der Waals surface area contributed by atoms with Gasteiger partial charge in [0.05, 0.1) is 11.5 Å². The van der Waals surface area contributed by atoms with Gasteiger partial charge in [0.25, 0.3) is 0 Å². The van der Waals surface area contributed by atoms with Gasteiger partial charge in [0.2, 0.25) is 0 Å². The van der Waals surface area contributed by atoms with E-state index in [1.165, 1.54) is 5.56 Å². The molecule has 2 amide bonds. The summed E-state index contributed by atoms with van der Waals surface area (Å²) in [6, 6.07) is 7.37. The van der Waals surface area contributed by atoms with Crippen molar-refractivity contribution in [1.82, 2.24) is 5.32 Å². The highest BCUT2D eigenvalue weighted by Crippen LogP contribution is 2.17. The van der Waals surface area contributed by atoms with Crippen molar-refractivity contribution in [2.45, 2.75) is 19.8 Å². The van der Waals surface area contributed by atoms with Crippen LogP contribution in [0, 0.1) is 5.92 Å². The summed E-state index contributed by atoms with van der Waals surface area (Å²) in [4.78, 5) is 11.7. The van der Waals surface area contributed by atoms with Crippen LogP contribution in [0.4, 0.5) is 10.5 Å². The first-order valence-corrected chi connectivity index (χ1v) is 8.65. The maximum atomic E-state index is 11.7. The van der Waals surface area contributed by atoms with E-state index in [9.17, 15) is 13.2 Å². The first kappa shape index (κ1) is 14.8. The fourth-order valence-corrected chi connectivity index (χ4v) is 4.13. The molecule has 1 aromatic rings. The molecular weight excluding hydrogens is 276 g/mol. The summed E-state index contributed by atoms with van der Waals surface area (Å²) in [6.45, 7) is 2.48. The van der Waals surface area contributed by atoms with E-state index in [1.807, 2.05) is 24.3 Å². The van der Waals surface area contributed by atoms with Crippen LogP contribution in [0.1, 0.15) is 18.9 Å². The third kappa shape index (κ3) is 4.23. The zero-order valence-corrected chi connectivity index (χ0v) is 12.4. The number of urea groups is 1. The van der Waals surface area contributed by atoms with Crippen molar-refractivity contribution in [2.75, 3.05) is 23.4 Å².